The van der Waals surface area contributed by atoms with Gasteiger partial charge in [0.25, 0.3) is 5.91 Å². The molecule has 0 spiro atoms. The Kier molecular flexibility index (Phi) is 5.87. The molecule has 0 unspecified atom stereocenters. The van der Waals surface area contributed by atoms with Crippen LogP contribution in [-0.2, 0) is 4.79 Å². The molecule has 0 aliphatic heterocycles. The predicted molar refractivity (Wildman–Crippen MR) is 100 cm³/mol. The second-order valence-electron chi connectivity index (χ2n) is 5.89. The number of amides is 2. The predicted octanol–water partition coefficient (Wildman–Crippen LogP) is 2.54. The molecule has 0 aliphatic carbocycles. The van der Waals surface area contributed by atoms with Crippen molar-refractivity contribution in [2.45, 2.75) is 19.8 Å². The Balaban J connectivity index is 1.39. The zero-order valence-electron chi connectivity index (χ0n) is 14.6. The molecule has 8 nitrogen and oxygen atoms in total. The van der Waals surface area contributed by atoms with Crippen LogP contribution in [0.25, 0.3) is 11.0 Å². The van der Waals surface area contributed by atoms with E-state index >= 15 is 0 Å². The molecule has 9 heteroatoms. The second kappa shape index (κ2) is 8.50. The topological polar surface area (TPSA) is 109 Å². The molecule has 3 rings (SSSR count). The number of ether oxygens (including phenoxy) is 1. The van der Waals surface area contributed by atoms with Crippen molar-refractivity contribution in [1.82, 2.24) is 26.3 Å². The lowest BCUT2D eigenvalue weighted by atomic mass is 10.2. The average molecular weight is 388 g/mol. The first-order valence-electron chi connectivity index (χ1n) is 8.31. The largest absolute Gasteiger partial charge is 0.493 e. The number of nitrogens with one attached hydrogen (secondary N) is 3. The number of aryl methyl sites for hydroxylation is 1. The zero-order chi connectivity index (χ0) is 19.2. The van der Waals surface area contributed by atoms with Crippen LogP contribution >= 0.6 is 11.6 Å². The molecule has 0 saturated carbocycles. The maximum Gasteiger partial charge on any atom is 0.269 e. The van der Waals surface area contributed by atoms with E-state index in [9.17, 15) is 9.59 Å². The van der Waals surface area contributed by atoms with Crippen LogP contribution in [0.2, 0.25) is 5.02 Å². The van der Waals surface area contributed by atoms with Crippen molar-refractivity contribution in [2.75, 3.05) is 6.61 Å². The molecule has 2 amide bonds. The Morgan fingerprint density at radius 3 is 2.74 bits per heavy atom. The number of aromatic amines is 1. The number of carbonyl (C=O) groups excluding carboxylic acids is 2. The van der Waals surface area contributed by atoms with Crippen LogP contribution in [0.3, 0.4) is 0 Å². The number of rotatable bonds is 6. The fourth-order valence-electron chi connectivity index (χ4n) is 2.43. The van der Waals surface area contributed by atoms with Crippen LogP contribution in [-0.4, -0.2) is 33.8 Å². The lowest BCUT2D eigenvalue weighted by molar-refractivity contribution is -0.122. The van der Waals surface area contributed by atoms with Crippen LogP contribution in [0.1, 0.15) is 28.8 Å². The number of carbonyl (C=O) groups is 2. The van der Waals surface area contributed by atoms with Gasteiger partial charge >= 0.3 is 0 Å². The number of hydrogen-bond acceptors (Lipinski definition) is 5. The Hall–Kier alpha value is -3.13. The molecule has 3 N–H and O–H groups in total. The first kappa shape index (κ1) is 18.7. The third kappa shape index (κ3) is 4.95. The van der Waals surface area contributed by atoms with Gasteiger partial charge in [-0.3, -0.25) is 20.4 Å². The molecule has 140 valence electrons. The summed E-state index contributed by atoms with van der Waals surface area (Å²) in [6.07, 6.45) is 0.726. The molecule has 0 fully saturated rings. The lowest BCUT2D eigenvalue weighted by Crippen LogP contribution is -2.41. The van der Waals surface area contributed by atoms with Crippen LogP contribution in [0.15, 0.2) is 36.4 Å². The summed E-state index contributed by atoms with van der Waals surface area (Å²) in [5.74, 6) is -0.0000551. The normalized spacial score (nSPS) is 10.6. The summed E-state index contributed by atoms with van der Waals surface area (Å²) in [5, 5.41) is 11.0. The zero-order valence-corrected chi connectivity index (χ0v) is 15.3. The van der Waals surface area contributed by atoms with Gasteiger partial charge in [0, 0.05) is 17.0 Å². The van der Waals surface area contributed by atoms with E-state index in [4.69, 9.17) is 16.3 Å². The highest BCUT2D eigenvalue weighted by atomic mass is 35.5. The Bertz CT molecular complexity index is 973. The molecule has 0 atom stereocenters. The molecule has 0 bridgehead atoms. The smallest absolute Gasteiger partial charge is 0.269 e. The van der Waals surface area contributed by atoms with Gasteiger partial charge in [-0.25, -0.2) is 0 Å². The van der Waals surface area contributed by atoms with Gasteiger partial charge < -0.3 is 4.74 Å². The van der Waals surface area contributed by atoms with Gasteiger partial charge in [0.05, 0.1) is 6.61 Å². The number of fused-ring (bicyclic) bond motifs is 1. The minimum Gasteiger partial charge on any atom is -0.493 e. The summed E-state index contributed by atoms with van der Waals surface area (Å²) in [6.45, 7) is 2.28. The molecule has 27 heavy (non-hydrogen) atoms. The maximum atomic E-state index is 12.1. The van der Waals surface area contributed by atoms with E-state index in [1.54, 1.807) is 30.3 Å². The standard InChI is InChI=1S/C18H18ClN5O3/c1-11-9-13(19)5-7-16(11)27-8-2-3-17(25)22-23-18(26)12-4-6-14-15(10-12)21-24-20-14/h4-7,9-10H,2-3,8H2,1H3,(H,22,25)(H,23,26)(H,20,21,24). The van der Waals surface area contributed by atoms with Crippen molar-refractivity contribution in [2.24, 2.45) is 0 Å². The third-order valence-corrected chi connectivity index (χ3v) is 4.07. The summed E-state index contributed by atoms with van der Waals surface area (Å²) < 4.78 is 5.63. The van der Waals surface area contributed by atoms with Crippen molar-refractivity contribution >= 4 is 34.4 Å². The van der Waals surface area contributed by atoms with Crippen molar-refractivity contribution in [1.29, 1.82) is 0 Å². The minimum atomic E-state index is -0.429. The summed E-state index contributed by atoms with van der Waals surface area (Å²) in [6, 6.07) is 10.2. The van der Waals surface area contributed by atoms with E-state index in [0.717, 1.165) is 11.3 Å². The lowest BCUT2D eigenvalue weighted by Gasteiger charge is -2.10. The molecule has 1 heterocycles. The fourth-order valence-corrected chi connectivity index (χ4v) is 2.66. The Morgan fingerprint density at radius 1 is 1.11 bits per heavy atom. The molecule has 0 aliphatic rings. The van der Waals surface area contributed by atoms with Gasteiger partial charge in [0.15, 0.2) is 0 Å². The first-order valence-corrected chi connectivity index (χ1v) is 8.69. The van der Waals surface area contributed by atoms with Crippen molar-refractivity contribution in [3.05, 3.63) is 52.5 Å². The highest BCUT2D eigenvalue weighted by molar-refractivity contribution is 6.30. The van der Waals surface area contributed by atoms with Gasteiger partial charge in [-0.2, -0.15) is 15.4 Å². The van der Waals surface area contributed by atoms with E-state index in [-0.39, 0.29) is 12.3 Å². The van der Waals surface area contributed by atoms with Gasteiger partial charge in [0.2, 0.25) is 5.91 Å². The number of H-pyrrole nitrogens is 1. The van der Waals surface area contributed by atoms with Gasteiger partial charge in [-0.1, -0.05) is 11.6 Å². The highest BCUT2D eigenvalue weighted by Crippen LogP contribution is 2.21. The molecule has 3 aromatic rings. The van der Waals surface area contributed by atoms with Gasteiger partial charge in [-0.15, -0.1) is 0 Å². The third-order valence-electron chi connectivity index (χ3n) is 3.84. The molecular weight excluding hydrogens is 370 g/mol. The molecule has 1 aromatic heterocycles. The number of hydrazine groups is 1. The molecule has 0 radical (unpaired) electrons. The quantitative estimate of drug-likeness (QED) is 0.445. The summed E-state index contributed by atoms with van der Waals surface area (Å²) >= 11 is 5.90. The van der Waals surface area contributed by atoms with Crippen LogP contribution in [0, 0.1) is 6.92 Å². The van der Waals surface area contributed by atoms with Gasteiger partial charge in [0.1, 0.15) is 16.8 Å². The summed E-state index contributed by atoms with van der Waals surface area (Å²) in [5.41, 5.74) is 7.30. The van der Waals surface area contributed by atoms with Crippen LogP contribution in [0.5, 0.6) is 5.75 Å². The monoisotopic (exact) mass is 387 g/mol. The van der Waals surface area contributed by atoms with Crippen LogP contribution < -0.4 is 15.6 Å². The molecular formula is C18H18ClN5O3. The number of nitrogens with zero attached hydrogens (tertiary/aromatic N) is 2. The number of halogens is 1. The van der Waals surface area contributed by atoms with E-state index in [1.807, 2.05) is 13.0 Å². The van der Waals surface area contributed by atoms with E-state index < -0.39 is 5.91 Å². The highest BCUT2D eigenvalue weighted by Gasteiger charge is 2.09. The summed E-state index contributed by atoms with van der Waals surface area (Å²) in [4.78, 5) is 23.9. The minimum absolute atomic E-state index is 0.217. The first-order chi connectivity index (χ1) is 13.0. The molecule has 2 aromatic carbocycles. The fraction of sp³-hybridized carbons (Fsp3) is 0.222. The van der Waals surface area contributed by atoms with Crippen LogP contribution in [0.4, 0.5) is 0 Å². The SMILES string of the molecule is Cc1cc(Cl)ccc1OCCCC(=O)NNC(=O)c1ccc2n[nH]nc2c1. The Morgan fingerprint density at radius 2 is 1.93 bits per heavy atom. The van der Waals surface area contributed by atoms with E-state index in [2.05, 4.69) is 26.3 Å². The van der Waals surface area contributed by atoms with Gasteiger partial charge in [-0.05, 0) is 55.3 Å². The maximum absolute atomic E-state index is 12.1. The molecule has 0 saturated heterocycles. The number of benzene rings is 2. The number of hydrogen-bond donors (Lipinski definition) is 3. The van der Waals surface area contributed by atoms with E-state index in [1.165, 1.54) is 0 Å². The number of aromatic nitrogens is 3. The van der Waals surface area contributed by atoms with Crippen molar-refractivity contribution in [3.8, 4) is 5.75 Å². The summed E-state index contributed by atoms with van der Waals surface area (Å²) in [7, 11) is 0. The van der Waals surface area contributed by atoms with E-state index in [0.29, 0.717) is 34.6 Å². The Labute approximate surface area is 160 Å². The average Bonchev–Trinajstić information content (AvgIpc) is 3.12. The second-order valence-corrected chi connectivity index (χ2v) is 6.33. The van der Waals surface area contributed by atoms with Crippen molar-refractivity contribution < 1.29 is 14.3 Å². The van der Waals surface area contributed by atoms with Crippen molar-refractivity contribution in [3.63, 3.8) is 0 Å².